The van der Waals surface area contributed by atoms with E-state index in [1.807, 2.05) is 6.07 Å². The second-order valence-electron chi connectivity index (χ2n) is 5.63. The number of fused-ring (bicyclic) bond motifs is 1. The van der Waals surface area contributed by atoms with Gasteiger partial charge in [-0.25, -0.2) is 4.98 Å². The van der Waals surface area contributed by atoms with Gasteiger partial charge in [0.05, 0.1) is 29.2 Å². The molecule has 0 aliphatic carbocycles. The maximum atomic E-state index is 13.2. The minimum atomic E-state index is -4.63. The van der Waals surface area contributed by atoms with Gasteiger partial charge in [-0.05, 0) is 36.4 Å². The molecule has 1 N–H and O–H groups in total. The van der Waals surface area contributed by atoms with Gasteiger partial charge in [0.25, 0.3) is 0 Å². The topological polar surface area (TPSA) is 71.1 Å². The normalized spacial score (nSPS) is 12.7. The van der Waals surface area contributed by atoms with Gasteiger partial charge >= 0.3 is 6.18 Å². The number of alkyl halides is 3. The molecule has 0 fully saturated rings. The van der Waals surface area contributed by atoms with E-state index < -0.39 is 18.1 Å². The second kappa shape index (κ2) is 7.06. The number of halogens is 3. The highest BCUT2D eigenvalue weighted by molar-refractivity contribution is 5.76. The summed E-state index contributed by atoms with van der Waals surface area (Å²) in [4.78, 5) is 3.63. The van der Waals surface area contributed by atoms with Crippen LogP contribution in [0.25, 0.3) is 11.0 Å². The maximum absolute atomic E-state index is 13.2. The van der Waals surface area contributed by atoms with E-state index in [1.165, 1.54) is 12.1 Å². The van der Waals surface area contributed by atoms with Gasteiger partial charge < -0.3 is 14.4 Å². The average Bonchev–Trinajstić information content (AvgIpc) is 2.99. The standard InChI is InChI=1S/C18H14F3N3O2/c19-18(20,21)17-23-15-3-1-2-4-16(15)24(17)10-13(25)11-26-14-7-5-12(9-22)6-8-14/h1-8,13,25H,10-11H2. The lowest BCUT2D eigenvalue weighted by Crippen LogP contribution is -2.26. The Labute approximate surface area is 146 Å². The molecule has 5 nitrogen and oxygen atoms in total. The van der Waals surface area contributed by atoms with Crippen LogP contribution in [0.15, 0.2) is 48.5 Å². The molecule has 134 valence electrons. The van der Waals surface area contributed by atoms with Crippen LogP contribution in [-0.2, 0) is 12.7 Å². The van der Waals surface area contributed by atoms with Crippen LogP contribution >= 0.6 is 0 Å². The number of benzene rings is 2. The second-order valence-corrected chi connectivity index (χ2v) is 5.63. The summed E-state index contributed by atoms with van der Waals surface area (Å²) in [6, 6.07) is 14.4. The molecule has 0 radical (unpaired) electrons. The first-order chi connectivity index (χ1) is 12.4. The summed E-state index contributed by atoms with van der Waals surface area (Å²) in [5.74, 6) is -0.647. The third-order valence-corrected chi connectivity index (χ3v) is 3.73. The zero-order chi connectivity index (χ0) is 18.7. The molecule has 0 bridgehead atoms. The molecule has 3 aromatic rings. The van der Waals surface area contributed by atoms with Gasteiger partial charge in [0, 0.05) is 0 Å². The van der Waals surface area contributed by atoms with Gasteiger partial charge in [0.15, 0.2) is 0 Å². The van der Waals surface area contributed by atoms with Gasteiger partial charge in [-0.15, -0.1) is 0 Å². The van der Waals surface area contributed by atoms with Gasteiger partial charge in [-0.1, -0.05) is 12.1 Å². The highest BCUT2D eigenvalue weighted by Gasteiger charge is 2.37. The number of nitriles is 1. The molecule has 2 aromatic carbocycles. The van der Waals surface area contributed by atoms with Crippen molar-refractivity contribution in [2.45, 2.75) is 18.8 Å². The fraction of sp³-hybridized carbons (Fsp3) is 0.222. The van der Waals surface area contributed by atoms with E-state index in [0.717, 1.165) is 4.57 Å². The summed E-state index contributed by atoms with van der Waals surface area (Å²) in [6.45, 7) is -0.513. The number of hydrogen-bond donors (Lipinski definition) is 1. The number of ether oxygens (including phenoxy) is 1. The zero-order valence-electron chi connectivity index (χ0n) is 13.4. The Morgan fingerprint density at radius 3 is 2.50 bits per heavy atom. The van der Waals surface area contributed by atoms with Crippen molar-refractivity contribution in [2.75, 3.05) is 6.61 Å². The van der Waals surface area contributed by atoms with Crippen LogP contribution < -0.4 is 4.74 Å². The van der Waals surface area contributed by atoms with E-state index >= 15 is 0 Å². The molecule has 0 aliphatic rings. The molecule has 1 aromatic heterocycles. The number of para-hydroxylation sites is 2. The minimum Gasteiger partial charge on any atom is -0.491 e. The molecule has 0 aliphatic heterocycles. The van der Waals surface area contributed by atoms with Gasteiger partial charge in [-0.2, -0.15) is 18.4 Å². The molecule has 0 saturated carbocycles. The molecule has 0 amide bonds. The van der Waals surface area contributed by atoms with Crippen molar-refractivity contribution in [3.8, 4) is 11.8 Å². The highest BCUT2D eigenvalue weighted by atomic mass is 19.4. The number of hydrogen-bond acceptors (Lipinski definition) is 4. The van der Waals surface area contributed by atoms with Crippen LogP contribution in [-0.4, -0.2) is 27.4 Å². The van der Waals surface area contributed by atoms with Crippen molar-refractivity contribution < 1.29 is 23.0 Å². The third kappa shape index (κ3) is 3.78. The van der Waals surface area contributed by atoms with Crippen LogP contribution in [0.4, 0.5) is 13.2 Å². The highest BCUT2D eigenvalue weighted by Crippen LogP contribution is 2.31. The summed E-state index contributed by atoms with van der Waals surface area (Å²) in [5, 5.41) is 18.9. The van der Waals surface area contributed by atoms with Crippen LogP contribution in [0.3, 0.4) is 0 Å². The first kappa shape index (κ1) is 17.8. The zero-order valence-corrected chi connectivity index (χ0v) is 13.4. The Bertz CT molecular complexity index is 943. The Kier molecular flexibility index (Phi) is 4.82. The van der Waals surface area contributed by atoms with Gasteiger partial charge in [0.2, 0.25) is 5.82 Å². The van der Waals surface area contributed by atoms with Crippen molar-refractivity contribution in [2.24, 2.45) is 0 Å². The summed E-state index contributed by atoms with van der Waals surface area (Å²) in [7, 11) is 0. The van der Waals surface area contributed by atoms with E-state index in [9.17, 15) is 18.3 Å². The SMILES string of the molecule is N#Cc1ccc(OCC(O)Cn2c(C(F)(F)F)nc3ccccc32)cc1. The van der Waals surface area contributed by atoms with E-state index in [1.54, 1.807) is 36.4 Å². The lowest BCUT2D eigenvalue weighted by molar-refractivity contribution is -0.147. The Morgan fingerprint density at radius 2 is 1.85 bits per heavy atom. The van der Waals surface area contributed by atoms with Crippen molar-refractivity contribution >= 4 is 11.0 Å². The molecule has 0 saturated heterocycles. The monoisotopic (exact) mass is 361 g/mol. The van der Waals surface area contributed by atoms with Crippen molar-refractivity contribution in [1.82, 2.24) is 9.55 Å². The largest absolute Gasteiger partial charge is 0.491 e. The first-order valence-electron chi connectivity index (χ1n) is 7.72. The molecule has 1 unspecified atom stereocenters. The number of rotatable bonds is 5. The molecular formula is C18H14F3N3O2. The number of aromatic nitrogens is 2. The quantitative estimate of drug-likeness (QED) is 0.756. The number of aliphatic hydroxyl groups excluding tert-OH is 1. The predicted octanol–water partition coefficient (Wildman–Crippen LogP) is 3.37. The Hall–Kier alpha value is -3.05. The maximum Gasteiger partial charge on any atom is 0.449 e. The van der Waals surface area contributed by atoms with Crippen LogP contribution in [0.5, 0.6) is 5.75 Å². The molecule has 8 heteroatoms. The number of nitrogens with zero attached hydrogens (tertiary/aromatic N) is 3. The molecule has 1 heterocycles. The molecule has 0 spiro atoms. The molecule has 3 rings (SSSR count). The summed E-state index contributed by atoms with van der Waals surface area (Å²) < 4.78 is 46.0. The van der Waals surface area contributed by atoms with Crippen LogP contribution in [0, 0.1) is 11.3 Å². The van der Waals surface area contributed by atoms with E-state index in [4.69, 9.17) is 10.00 Å². The van der Waals surface area contributed by atoms with E-state index in [0.29, 0.717) is 11.3 Å². The van der Waals surface area contributed by atoms with E-state index in [-0.39, 0.29) is 24.2 Å². The number of imidazole rings is 1. The third-order valence-electron chi connectivity index (χ3n) is 3.73. The van der Waals surface area contributed by atoms with Crippen LogP contribution in [0.2, 0.25) is 0 Å². The fourth-order valence-electron chi connectivity index (χ4n) is 2.56. The lowest BCUT2D eigenvalue weighted by Gasteiger charge is -2.16. The van der Waals surface area contributed by atoms with E-state index in [2.05, 4.69) is 4.98 Å². The fourth-order valence-corrected chi connectivity index (χ4v) is 2.56. The van der Waals surface area contributed by atoms with Crippen molar-refractivity contribution in [1.29, 1.82) is 5.26 Å². The van der Waals surface area contributed by atoms with Crippen LogP contribution in [0.1, 0.15) is 11.4 Å². The average molecular weight is 361 g/mol. The lowest BCUT2D eigenvalue weighted by atomic mass is 10.2. The summed E-state index contributed by atoms with van der Waals surface area (Å²) >= 11 is 0. The molecule has 26 heavy (non-hydrogen) atoms. The smallest absolute Gasteiger partial charge is 0.449 e. The van der Waals surface area contributed by atoms with Crippen molar-refractivity contribution in [3.05, 3.63) is 59.9 Å². The minimum absolute atomic E-state index is 0.199. The molecule has 1 atom stereocenters. The van der Waals surface area contributed by atoms with Gasteiger partial charge in [0.1, 0.15) is 18.5 Å². The van der Waals surface area contributed by atoms with Crippen molar-refractivity contribution in [3.63, 3.8) is 0 Å². The molecular weight excluding hydrogens is 347 g/mol. The number of aliphatic hydroxyl groups is 1. The summed E-state index contributed by atoms with van der Waals surface area (Å²) in [6.07, 6.45) is -5.81. The summed E-state index contributed by atoms with van der Waals surface area (Å²) in [5.41, 5.74) is 0.954. The Morgan fingerprint density at radius 1 is 1.15 bits per heavy atom. The van der Waals surface area contributed by atoms with Gasteiger partial charge in [-0.3, -0.25) is 0 Å². The first-order valence-corrected chi connectivity index (χ1v) is 7.72. The predicted molar refractivity (Wildman–Crippen MR) is 87.4 cm³/mol. The Balaban J connectivity index is 1.76.